The second-order valence-electron chi connectivity index (χ2n) is 7.38. The van der Waals surface area contributed by atoms with Gasteiger partial charge in [0.15, 0.2) is 0 Å². The van der Waals surface area contributed by atoms with Crippen LogP contribution in [0.4, 0.5) is 0 Å². The molecule has 23 heavy (non-hydrogen) atoms. The van der Waals surface area contributed by atoms with Gasteiger partial charge in [-0.3, -0.25) is 0 Å². The predicted octanol–water partition coefficient (Wildman–Crippen LogP) is 3.81. The van der Waals surface area contributed by atoms with E-state index in [1.54, 1.807) is 11.1 Å². The van der Waals surface area contributed by atoms with E-state index in [0.717, 1.165) is 11.8 Å². The van der Waals surface area contributed by atoms with Crippen LogP contribution in [0.2, 0.25) is 12.1 Å². The van der Waals surface area contributed by atoms with Crippen LogP contribution in [0.1, 0.15) is 51.4 Å². The number of allylic oxidation sites excluding steroid dienone is 8. The summed E-state index contributed by atoms with van der Waals surface area (Å²) in [6.07, 6.45) is 21.3. The maximum atomic E-state index is 2.54. The first-order valence-electron chi connectivity index (χ1n) is 9.22. The van der Waals surface area contributed by atoms with Crippen molar-refractivity contribution >= 4 is 47.2 Å². The van der Waals surface area contributed by atoms with Gasteiger partial charge in [-0.1, -0.05) is 47.5 Å². The summed E-state index contributed by atoms with van der Waals surface area (Å²) in [6.45, 7) is 0. The summed E-state index contributed by atoms with van der Waals surface area (Å²) in [7, 11) is 0.0870. The van der Waals surface area contributed by atoms with Gasteiger partial charge in [0.1, 0.15) is 0 Å². The average Bonchev–Trinajstić information content (AvgIpc) is 3.13. The standard InChI is InChI=1S/C20H28Si.2Li.2H/c1-3-7-19-15(5-1)9-11-17(19)13-21-14-18-12-10-16-6-2-4-8-20(16)18;;;;/h9-12,17-18H,1-8,13-14,21H2;;;;. The second kappa shape index (κ2) is 9.18. The summed E-state index contributed by atoms with van der Waals surface area (Å²) >= 11 is 0. The van der Waals surface area contributed by atoms with Crippen LogP contribution in [-0.4, -0.2) is 47.2 Å². The molecule has 0 nitrogen and oxygen atoms in total. The SMILES string of the molecule is C1=CC(C[SiH2]CC2C=CC3=C2CCCC3)C2=C1CCCC2.[LiH].[LiH]. The topological polar surface area (TPSA) is 0 Å². The summed E-state index contributed by atoms with van der Waals surface area (Å²) < 4.78 is 0. The second-order valence-corrected chi connectivity index (χ2v) is 9.24. The van der Waals surface area contributed by atoms with Crippen molar-refractivity contribution in [2.45, 2.75) is 63.5 Å². The number of hydrogen-bond donors (Lipinski definition) is 0. The number of hydrogen-bond acceptors (Lipinski definition) is 0. The van der Waals surface area contributed by atoms with Gasteiger partial charge in [-0.25, -0.2) is 0 Å². The summed E-state index contributed by atoms with van der Waals surface area (Å²) in [5.41, 5.74) is 7.12. The summed E-state index contributed by atoms with van der Waals surface area (Å²) in [5, 5.41) is 0. The van der Waals surface area contributed by atoms with Crippen molar-refractivity contribution in [3.05, 3.63) is 46.6 Å². The quantitative estimate of drug-likeness (QED) is 0.693. The predicted molar refractivity (Wildman–Crippen MR) is 109 cm³/mol. The van der Waals surface area contributed by atoms with Gasteiger partial charge < -0.3 is 0 Å². The van der Waals surface area contributed by atoms with Gasteiger partial charge in [-0.15, -0.1) is 0 Å². The first-order chi connectivity index (χ1) is 10.4. The van der Waals surface area contributed by atoms with Gasteiger partial charge in [0.2, 0.25) is 0 Å². The van der Waals surface area contributed by atoms with E-state index in [1.807, 2.05) is 11.1 Å². The Kier molecular flexibility index (Phi) is 7.86. The molecule has 0 spiro atoms. The van der Waals surface area contributed by atoms with E-state index in [-0.39, 0.29) is 47.2 Å². The van der Waals surface area contributed by atoms with Crippen molar-refractivity contribution in [1.82, 2.24) is 0 Å². The molecule has 0 aliphatic heterocycles. The van der Waals surface area contributed by atoms with Crippen LogP contribution in [0.15, 0.2) is 46.6 Å². The third kappa shape index (κ3) is 4.32. The first kappa shape index (κ1) is 19.7. The number of rotatable bonds is 4. The normalized spacial score (nSPS) is 28.9. The Labute approximate surface area is 168 Å². The van der Waals surface area contributed by atoms with Gasteiger partial charge in [-0.2, -0.15) is 0 Å². The fourth-order valence-corrected chi connectivity index (χ4v) is 7.12. The molecule has 4 aliphatic carbocycles. The third-order valence-electron chi connectivity index (χ3n) is 6.09. The van der Waals surface area contributed by atoms with Crippen LogP contribution in [0.25, 0.3) is 0 Å². The van der Waals surface area contributed by atoms with Crippen molar-refractivity contribution in [3.63, 3.8) is 0 Å². The van der Waals surface area contributed by atoms with E-state index in [4.69, 9.17) is 0 Å². The van der Waals surface area contributed by atoms with Crippen molar-refractivity contribution in [2.24, 2.45) is 11.8 Å². The molecule has 0 bridgehead atoms. The zero-order valence-corrected chi connectivity index (χ0v) is 14.7. The summed E-state index contributed by atoms with van der Waals surface area (Å²) in [5.74, 6) is 1.72. The average molecular weight is 312 g/mol. The van der Waals surface area contributed by atoms with Crippen molar-refractivity contribution in [3.8, 4) is 0 Å². The van der Waals surface area contributed by atoms with E-state index >= 15 is 0 Å². The van der Waals surface area contributed by atoms with E-state index in [1.165, 1.54) is 63.5 Å². The molecule has 0 aromatic carbocycles. The van der Waals surface area contributed by atoms with Crippen LogP contribution in [-0.2, 0) is 0 Å². The molecule has 0 N–H and O–H groups in total. The monoisotopic (exact) mass is 312 g/mol. The first-order valence-corrected chi connectivity index (χ1v) is 11.2. The van der Waals surface area contributed by atoms with Crippen LogP contribution in [0.5, 0.6) is 0 Å². The molecule has 4 rings (SSSR count). The van der Waals surface area contributed by atoms with Crippen LogP contribution in [0.3, 0.4) is 0 Å². The molecule has 0 amide bonds. The minimum atomic E-state index is 0. The molecule has 3 heteroatoms. The Hall–Kier alpha value is 0.372. The van der Waals surface area contributed by atoms with Crippen molar-refractivity contribution in [1.29, 1.82) is 0 Å². The Bertz CT molecular complexity index is 494. The fraction of sp³-hybridized carbons (Fsp3) is 0.600. The fourth-order valence-electron chi connectivity index (χ4n) is 4.93. The van der Waals surface area contributed by atoms with E-state index < -0.39 is 0 Å². The molecule has 0 saturated carbocycles. The Balaban J connectivity index is 0.000000960. The Morgan fingerprint density at radius 2 is 1.13 bits per heavy atom. The molecular formula is C20H30Li2Si. The van der Waals surface area contributed by atoms with Crippen LogP contribution < -0.4 is 0 Å². The Morgan fingerprint density at radius 1 is 0.696 bits per heavy atom. The van der Waals surface area contributed by atoms with Gasteiger partial charge >= 0.3 is 37.7 Å². The third-order valence-corrected chi connectivity index (χ3v) is 8.15. The van der Waals surface area contributed by atoms with Crippen LogP contribution in [0, 0.1) is 11.8 Å². The molecule has 116 valence electrons. The zero-order valence-electron chi connectivity index (χ0n) is 13.2. The van der Waals surface area contributed by atoms with E-state index in [0.29, 0.717) is 0 Å². The molecule has 2 unspecified atom stereocenters. The molecule has 0 aromatic rings. The molecule has 2 atom stereocenters. The van der Waals surface area contributed by atoms with Crippen LogP contribution >= 0.6 is 0 Å². The molecule has 0 heterocycles. The van der Waals surface area contributed by atoms with Crippen molar-refractivity contribution in [2.75, 3.05) is 0 Å². The molecule has 0 aromatic heterocycles. The van der Waals surface area contributed by atoms with Gasteiger partial charge in [0, 0.05) is 9.52 Å². The molecule has 0 saturated heterocycles. The van der Waals surface area contributed by atoms with Crippen molar-refractivity contribution < 1.29 is 0 Å². The molecule has 0 radical (unpaired) electrons. The zero-order chi connectivity index (χ0) is 14.1. The van der Waals surface area contributed by atoms with Gasteiger partial charge in [0.25, 0.3) is 0 Å². The molecule has 0 fully saturated rings. The molecule has 4 aliphatic rings. The van der Waals surface area contributed by atoms with E-state index in [2.05, 4.69) is 24.3 Å². The van der Waals surface area contributed by atoms with E-state index in [9.17, 15) is 0 Å². The summed E-state index contributed by atoms with van der Waals surface area (Å²) in [4.78, 5) is 0. The Morgan fingerprint density at radius 3 is 1.61 bits per heavy atom. The van der Waals surface area contributed by atoms with Gasteiger partial charge in [-0.05, 0) is 74.3 Å². The minimum absolute atomic E-state index is 0. The molecular weight excluding hydrogens is 282 g/mol. The summed E-state index contributed by atoms with van der Waals surface area (Å²) in [6, 6.07) is 3.06. The van der Waals surface area contributed by atoms with Gasteiger partial charge in [0.05, 0.1) is 0 Å². The maximum absolute atomic E-state index is 2.54.